The zero-order chi connectivity index (χ0) is 12.7. The van der Waals surface area contributed by atoms with Crippen molar-refractivity contribution in [2.45, 2.75) is 25.3 Å². The number of nitrogens with two attached hydrogens (primary N) is 1. The van der Waals surface area contributed by atoms with E-state index in [1.54, 1.807) is 13.2 Å². The number of benzene rings is 1. The van der Waals surface area contributed by atoms with E-state index in [9.17, 15) is 4.39 Å². The molecule has 0 spiro atoms. The number of halogens is 1. The molecule has 98 valence electrons. The second kappa shape index (κ2) is 4.52. The lowest BCUT2D eigenvalue weighted by atomic mass is 9.96. The first-order chi connectivity index (χ1) is 8.76. The summed E-state index contributed by atoms with van der Waals surface area (Å²) in [5.74, 6) is 8.24. The standard InChI is InChI=1S/C14H19FN2O/c1-18-12-6-5-8(15)7-11(12)14(17-16)13-9-3-2-4-10(9)13/h5-7,9-10,13-14,17H,2-4,16H2,1H3. The zero-order valence-corrected chi connectivity index (χ0v) is 10.5. The molecule has 3 unspecified atom stereocenters. The Morgan fingerprint density at radius 2 is 2.11 bits per heavy atom. The largest absolute Gasteiger partial charge is 0.496 e. The lowest BCUT2D eigenvalue weighted by molar-refractivity contribution is 0.375. The normalized spacial score (nSPS) is 30.9. The number of hydrogen-bond donors (Lipinski definition) is 2. The van der Waals surface area contributed by atoms with E-state index in [1.807, 2.05) is 0 Å². The molecule has 3 nitrogen and oxygen atoms in total. The van der Waals surface area contributed by atoms with Crippen LogP contribution in [0.3, 0.4) is 0 Å². The number of fused-ring (bicyclic) bond motifs is 1. The topological polar surface area (TPSA) is 47.3 Å². The van der Waals surface area contributed by atoms with Gasteiger partial charge in [0.1, 0.15) is 11.6 Å². The molecule has 1 aromatic carbocycles. The van der Waals surface area contributed by atoms with Gasteiger partial charge in [-0.25, -0.2) is 4.39 Å². The highest BCUT2D eigenvalue weighted by atomic mass is 19.1. The Labute approximate surface area is 106 Å². The average molecular weight is 250 g/mol. The summed E-state index contributed by atoms with van der Waals surface area (Å²) in [4.78, 5) is 0. The molecule has 2 fully saturated rings. The highest BCUT2D eigenvalue weighted by Gasteiger charge is 2.56. The monoisotopic (exact) mass is 250 g/mol. The van der Waals surface area contributed by atoms with Gasteiger partial charge >= 0.3 is 0 Å². The maximum atomic E-state index is 13.4. The Kier molecular flexibility index (Phi) is 2.99. The molecular weight excluding hydrogens is 231 g/mol. The van der Waals surface area contributed by atoms with Crippen LogP contribution in [0.1, 0.15) is 30.9 Å². The fourth-order valence-electron chi connectivity index (χ4n) is 3.73. The lowest BCUT2D eigenvalue weighted by Crippen LogP contribution is -2.31. The van der Waals surface area contributed by atoms with Gasteiger partial charge in [0.25, 0.3) is 0 Å². The summed E-state index contributed by atoms with van der Waals surface area (Å²) in [6.45, 7) is 0. The number of hydrazine groups is 1. The third-order valence-corrected chi connectivity index (χ3v) is 4.56. The van der Waals surface area contributed by atoms with Gasteiger partial charge in [-0.05, 0) is 48.8 Å². The smallest absolute Gasteiger partial charge is 0.123 e. The van der Waals surface area contributed by atoms with Crippen LogP contribution in [-0.4, -0.2) is 7.11 Å². The van der Waals surface area contributed by atoms with Gasteiger partial charge in [0, 0.05) is 5.56 Å². The van der Waals surface area contributed by atoms with Crippen molar-refractivity contribution in [1.82, 2.24) is 5.43 Å². The fraction of sp³-hybridized carbons (Fsp3) is 0.571. The molecule has 3 N–H and O–H groups in total. The minimum absolute atomic E-state index is 0.00551. The highest BCUT2D eigenvalue weighted by Crippen LogP contribution is 2.62. The predicted molar refractivity (Wildman–Crippen MR) is 67.3 cm³/mol. The molecule has 0 heterocycles. The van der Waals surface area contributed by atoms with Crippen LogP contribution in [0.5, 0.6) is 5.75 Å². The van der Waals surface area contributed by atoms with E-state index in [1.165, 1.54) is 31.4 Å². The fourth-order valence-corrected chi connectivity index (χ4v) is 3.73. The van der Waals surface area contributed by atoms with E-state index in [2.05, 4.69) is 5.43 Å². The molecule has 3 rings (SSSR count). The lowest BCUT2D eigenvalue weighted by Gasteiger charge is -2.20. The first-order valence-corrected chi connectivity index (χ1v) is 6.56. The second-order valence-electron chi connectivity index (χ2n) is 5.37. The van der Waals surface area contributed by atoms with Crippen LogP contribution in [0.4, 0.5) is 4.39 Å². The van der Waals surface area contributed by atoms with Crippen molar-refractivity contribution < 1.29 is 9.13 Å². The molecule has 2 aliphatic carbocycles. The Hall–Kier alpha value is -1.13. The maximum Gasteiger partial charge on any atom is 0.123 e. The maximum absolute atomic E-state index is 13.4. The highest BCUT2D eigenvalue weighted by molar-refractivity contribution is 5.38. The van der Waals surface area contributed by atoms with Gasteiger partial charge < -0.3 is 4.74 Å². The van der Waals surface area contributed by atoms with Crippen LogP contribution in [0.2, 0.25) is 0 Å². The van der Waals surface area contributed by atoms with Crippen molar-refractivity contribution >= 4 is 0 Å². The summed E-state index contributed by atoms with van der Waals surface area (Å²) >= 11 is 0. The summed E-state index contributed by atoms with van der Waals surface area (Å²) in [6.07, 6.45) is 3.89. The minimum atomic E-state index is -0.239. The van der Waals surface area contributed by atoms with Gasteiger partial charge in [-0.1, -0.05) is 6.42 Å². The zero-order valence-electron chi connectivity index (χ0n) is 10.5. The van der Waals surface area contributed by atoms with E-state index in [4.69, 9.17) is 10.6 Å². The van der Waals surface area contributed by atoms with Crippen LogP contribution >= 0.6 is 0 Å². The Bertz CT molecular complexity index is 441. The van der Waals surface area contributed by atoms with Gasteiger partial charge in [-0.15, -0.1) is 0 Å². The molecule has 18 heavy (non-hydrogen) atoms. The molecule has 0 aliphatic heterocycles. The number of nitrogens with one attached hydrogen (secondary N) is 1. The van der Waals surface area contributed by atoms with E-state index in [-0.39, 0.29) is 11.9 Å². The van der Waals surface area contributed by atoms with Crippen LogP contribution in [0, 0.1) is 23.6 Å². The van der Waals surface area contributed by atoms with E-state index >= 15 is 0 Å². The summed E-state index contributed by atoms with van der Waals surface area (Å²) in [5, 5.41) is 0. The molecule has 1 aromatic rings. The van der Waals surface area contributed by atoms with Crippen molar-refractivity contribution in [2.75, 3.05) is 7.11 Å². The second-order valence-corrected chi connectivity index (χ2v) is 5.37. The van der Waals surface area contributed by atoms with Gasteiger partial charge in [-0.2, -0.15) is 0 Å². The van der Waals surface area contributed by atoms with Gasteiger partial charge in [-0.3, -0.25) is 11.3 Å². The molecule has 0 radical (unpaired) electrons. The molecule has 3 atom stereocenters. The molecule has 2 saturated carbocycles. The molecule has 2 aliphatic rings. The van der Waals surface area contributed by atoms with Crippen LogP contribution < -0.4 is 16.0 Å². The first kappa shape index (κ1) is 11.9. The number of ether oxygens (including phenoxy) is 1. The predicted octanol–water partition coefficient (Wildman–Crippen LogP) is 2.38. The molecular formula is C14H19FN2O. The van der Waals surface area contributed by atoms with Crippen LogP contribution in [0.25, 0.3) is 0 Å². The van der Waals surface area contributed by atoms with E-state index in [0.717, 1.165) is 17.4 Å². The molecule has 0 saturated heterocycles. The third kappa shape index (κ3) is 1.80. The van der Waals surface area contributed by atoms with Crippen LogP contribution in [-0.2, 0) is 0 Å². The quantitative estimate of drug-likeness (QED) is 0.637. The summed E-state index contributed by atoms with van der Waals surface area (Å²) in [7, 11) is 1.61. The summed E-state index contributed by atoms with van der Waals surface area (Å²) in [5.41, 5.74) is 3.71. The van der Waals surface area contributed by atoms with Gasteiger partial charge in [0.15, 0.2) is 0 Å². The van der Waals surface area contributed by atoms with Crippen molar-refractivity contribution in [3.8, 4) is 5.75 Å². The molecule has 0 bridgehead atoms. The first-order valence-electron chi connectivity index (χ1n) is 6.56. The molecule has 0 amide bonds. The number of rotatable bonds is 4. The van der Waals surface area contributed by atoms with Gasteiger partial charge in [0.2, 0.25) is 0 Å². The van der Waals surface area contributed by atoms with Crippen molar-refractivity contribution in [3.05, 3.63) is 29.6 Å². The SMILES string of the molecule is COc1ccc(F)cc1C(NN)C1C2CCCC21. The average Bonchev–Trinajstić information content (AvgIpc) is 2.85. The van der Waals surface area contributed by atoms with E-state index in [0.29, 0.717) is 11.7 Å². The van der Waals surface area contributed by atoms with Gasteiger partial charge in [0.05, 0.1) is 13.2 Å². The Balaban J connectivity index is 1.89. The van der Waals surface area contributed by atoms with E-state index < -0.39 is 0 Å². The minimum Gasteiger partial charge on any atom is -0.496 e. The third-order valence-electron chi connectivity index (χ3n) is 4.56. The van der Waals surface area contributed by atoms with Crippen molar-refractivity contribution in [1.29, 1.82) is 0 Å². The summed E-state index contributed by atoms with van der Waals surface area (Å²) < 4.78 is 18.8. The van der Waals surface area contributed by atoms with Crippen molar-refractivity contribution in [2.24, 2.45) is 23.6 Å². The Morgan fingerprint density at radius 3 is 2.72 bits per heavy atom. The number of hydrogen-bond acceptors (Lipinski definition) is 3. The Morgan fingerprint density at radius 1 is 1.39 bits per heavy atom. The molecule has 0 aromatic heterocycles. The van der Waals surface area contributed by atoms with Crippen molar-refractivity contribution in [3.63, 3.8) is 0 Å². The number of methoxy groups -OCH3 is 1. The van der Waals surface area contributed by atoms with Crippen LogP contribution in [0.15, 0.2) is 18.2 Å². The summed E-state index contributed by atoms with van der Waals surface area (Å²) in [6, 6.07) is 4.64. The molecule has 4 heteroatoms.